The zero-order valence-corrected chi connectivity index (χ0v) is 10.7. The first-order valence-corrected chi connectivity index (χ1v) is 6.38. The Morgan fingerprint density at radius 2 is 2.39 bits per heavy atom. The molecule has 2 rings (SSSR count). The molecule has 1 aromatic heterocycles. The van der Waals surface area contributed by atoms with E-state index in [2.05, 4.69) is 15.2 Å². The summed E-state index contributed by atoms with van der Waals surface area (Å²) in [7, 11) is 1.99. The number of hydrogen-bond acceptors (Lipinski definition) is 4. The van der Waals surface area contributed by atoms with Gasteiger partial charge in [-0.2, -0.15) is 0 Å². The van der Waals surface area contributed by atoms with Crippen LogP contribution >= 0.6 is 0 Å². The third-order valence-corrected chi connectivity index (χ3v) is 3.28. The second-order valence-corrected chi connectivity index (χ2v) is 4.77. The Bertz CT molecular complexity index is 415. The topological polar surface area (TPSA) is 71.2 Å². The number of likely N-dealkylation sites (N-methyl/N-ethyl adjacent to an activating group) is 1. The highest BCUT2D eigenvalue weighted by atomic mass is 16.1. The SMILES string of the molecule is CN(CC1CCCCN1)c1cccc(C(N)=O)n1. The number of nitrogens with one attached hydrogen (secondary N) is 1. The van der Waals surface area contributed by atoms with Gasteiger partial charge in [0.25, 0.3) is 5.91 Å². The molecule has 98 valence electrons. The van der Waals surface area contributed by atoms with Crippen LogP contribution in [0.2, 0.25) is 0 Å². The number of primary amides is 1. The van der Waals surface area contributed by atoms with Gasteiger partial charge in [0, 0.05) is 19.6 Å². The van der Waals surface area contributed by atoms with E-state index in [1.165, 1.54) is 19.3 Å². The van der Waals surface area contributed by atoms with E-state index in [1.807, 2.05) is 19.2 Å². The van der Waals surface area contributed by atoms with E-state index in [9.17, 15) is 4.79 Å². The van der Waals surface area contributed by atoms with Gasteiger partial charge in [-0.05, 0) is 31.5 Å². The number of nitrogens with zero attached hydrogens (tertiary/aromatic N) is 2. The summed E-state index contributed by atoms with van der Waals surface area (Å²) in [6.45, 7) is 1.99. The average molecular weight is 248 g/mol. The van der Waals surface area contributed by atoms with Gasteiger partial charge in [-0.1, -0.05) is 12.5 Å². The van der Waals surface area contributed by atoms with E-state index >= 15 is 0 Å². The first kappa shape index (κ1) is 12.8. The lowest BCUT2D eigenvalue weighted by Gasteiger charge is -2.28. The molecule has 1 aliphatic heterocycles. The molecule has 5 heteroatoms. The molecule has 3 N–H and O–H groups in total. The van der Waals surface area contributed by atoms with Gasteiger partial charge in [-0.3, -0.25) is 4.79 Å². The third kappa shape index (κ3) is 3.20. The van der Waals surface area contributed by atoms with Crippen molar-refractivity contribution in [3.05, 3.63) is 23.9 Å². The molecule has 0 bridgehead atoms. The Labute approximate surface area is 107 Å². The van der Waals surface area contributed by atoms with Crippen molar-refractivity contribution in [3.8, 4) is 0 Å². The van der Waals surface area contributed by atoms with Gasteiger partial charge in [0.15, 0.2) is 0 Å². The second kappa shape index (κ2) is 5.82. The Morgan fingerprint density at radius 1 is 1.56 bits per heavy atom. The van der Waals surface area contributed by atoms with Crippen LogP contribution in [0.15, 0.2) is 18.2 Å². The van der Waals surface area contributed by atoms with Crippen molar-refractivity contribution in [1.82, 2.24) is 10.3 Å². The summed E-state index contributed by atoms with van der Waals surface area (Å²) in [5.41, 5.74) is 5.55. The normalized spacial score (nSPS) is 19.5. The minimum absolute atomic E-state index is 0.316. The highest BCUT2D eigenvalue weighted by molar-refractivity contribution is 5.91. The van der Waals surface area contributed by atoms with Crippen LogP contribution in [-0.4, -0.2) is 37.1 Å². The van der Waals surface area contributed by atoms with E-state index < -0.39 is 5.91 Å². The van der Waals surface area contributed by atoms with Crippen LogP contribution in [0.4, 0.5) is 5.82 Å². The van der Waals surface area contributed by atoms with Gasteiger partial charge in [-0.15, -0.1) is 0 Å². The first-order chi connectivity index (χ1) is 8.66. The van der Waals surface area contributed by atoms with Crippen LogP contribution in [0.3, 0.4) is 0 Å². The highest BCUT2D eigenvalue weighted by Gasteiger charge is 2.15. The van der Waals surface area contributed by atoms with Gasteiger partial charge in [0.1, 0.15) is 11.5 Å². The molecule has 1 atom stereocenters. The fourth-order valence-corrected chi connectivity index (χ4v) is 2.28. The Morgan fingerprint density at radius 3 is 3.06 bits per heavy atom. The van der Waals surface area contributed by atoms with Gasteiger partial charge in [0.05, 0.1) is 0 Å². The molecule has 1 aliphatic rings. The molecule has 2 heterocycles. The molecule has 0 aliphatic carbocycles. The molecule has 5 nitrogen and oxygen atoms in total. The van der Waals surface area contributed by atoms with Gasteiger partial charge < -0.3 is 16.0 Å². The number of carbonyl (C=O) groups is 1. The number of nitrogens with two attached hydrogens (primary N) is 1. The molecule has 1 saturated heterocycles. The van der Waals surface area contributed by atoms with Gasteiger partial charge in [0.2, 0.25) is 0 Å². The van der Waals surface area contributed by atoms with Crippen LogP contribution < -0.4 is 16.0 Å². The molecule has 0 saturated carbocycles. The first-order valence-electron chi connectivity index (χ1n) is 6.38. The summed E-state index contributed by atoms with van der Waals surface area (Å²) >= 11 is 0. The lowest BCUT2D eigenvalue weighted by atomic mass is 10.0. The van der Waals surface area contributed by atoms with Gasteiger partial charge in [-0.25, -0.2) is 4.98 Å². The van der Waals surface area contributed by atoms with Crippen molar-refractivity contribution in [2.45, 2.75) is 25.3 Å². The number of carbonyl (C=O) groups excluding carboxylic acids is 1. The summed E-state index contributed by atoms with van der Waals surface area (Å²) in [5, 5.41) is 3.50. The van der Waals surface area contributed by atoms with E-state index in [-0.39, 0.29) is 0 Å². The maximum atomic E-state index is 11.1. The number of aromatic nitrogens is 1. The van der Waals surface area contributed by atoms with Crippen molar-refractivity contribution >= 4 is 11.7 Å². The van der Waals surface area contributed by atoms with Crippen LogP contribution in [0.1, 0.15) is 29.8 Å². The minimum Gasteiger partial charge on any atom is -0.364 e. The number of pyridine rings is 1. The Balaban J connectivity index is 2.01. The second-order valence-electron chi connectivity index (χ2n) is 4.77. The van der Waals surface area contributed by atoms with E-state index in [0.29, 0.717) is 11.7 Å². The zero-order valence-electron chi connectivity index (χ0n) is 10.7. The molecule has 0 radical (unpaired) electrons. The molecule has 1 fully saturated rings. The standard InChI is InChI=1S/C13H20N4O/c1-17(9-10-5-2-3-8-15-10)12-7-4-6-11(16-12)13(14)18/h4,6-7,10,15H,2-3,5,8-9H2,1H3,(H2,14,18). The van der Waals surface area contributed by atoms with Crippen molar-refractivity contribution in [3.63, 3.8) is 0 Å². The number of anilines is 1. The van der Waals surface area contributed by atoms with Crippen LogP contribution in [0, 0.1) is 0 Å². The van der Waals surface area contributed by atoms with Crippen molar-refractivity contribution in [2.75, 3.05) is 25.0 Å². The fourth-order valence-electron chi connectivity index (χ4n) is 2.28. The zero-order chi connectivity index (χ0) is 13.0. The summed E-state index contributed by atoms with van der Waals surface area (Å²) < 4.78 is 0. The molecule has 0 aromatic carbocycles. The average Bonchev–Trinajstić information content (AvgIpc) is 2.40. The maximum Gasteiger partial charge on any atom is 0.267 e. The monoisotopic (exact) mass is 248 g/mol. The number of hydrogen-bond donors (Lipinski definition) is 2. The third-order valence-electron chi connectivity index (χ3n) is 3.28. The lowest BCUT2D eigenvalue weighted by molar-refractivity contribution is 0.0995. The molecule has 0 spiro atoms. The molecular formula is C13H20N4O. The number of amides is 1. The molecule has 1 amide bonds. The van der Waals surface area contributed by atoms with E-state index in [1.54, 1.807) is 6.07 Å². The molecule has 1 aromatic rings. The van der Waals surface area contributed by atoms with Crippen LogP contribution in [0.25, 0.3) is 0 Å². The predicted octanol–water partition coefficient (Wildman–Crippen LogP) is 0.759. The Hall–Kier alpha value is -1.62. The number of rotatable bonds is 4. The van der Waals surface area contributed by atoms with E-state index in [4.69, 9.17) is 5.73 Å². The molecular weight excluding hydrogens is 228 g/mol. The summed E-state index contributed by atoms with van der Waals surface area (Å²) in [6, 6.07) is 5.85. The van der Waals surface area contributed by atoms with Crippen LogP contribution in [-0.2, 0) is 0 Å². The van der Waals surface area contributed by atoms with Crippen LogP contribution in [0.5, 0.6) is 0 Å². The lowest BCUT2D eigenvalue weighted by Crippen LogP contribution is -2.42. The summed E-state index contributed by atoms with van der Waals surface area (Å²) in [6.07, 6.45) is 3.73. The van der Waals surface area contributed by atoms with Crippen molar-refractivity contribution in [1.29, 1.82) is 0 Å². The largest absolute Gasteiger partial charge is 0.364 e. The summed E-state index contributed by atoms with van der Waals surface area (Å²) in [5.74, 6) is 0.305. The predicted molar refractivity (Wildman–Crippen MR) is 71.7 cm³/mol. The molecule has 1 unspecified atom stereocenters. The minimum atomic E-state index is -0.485. The summed E-state index contributed by atoms with van der Waals surface area (Å²) in [4.78, 5) is 17.4. The number of piperidine rings is 1. The van der Waals surface area contributed by atoms with Crippen molar-refractivity contribution in [2.24, 2.45) is 5.73 Å². The van der Waals surface area contributed by atoms with Crippen molar-refractivity contribution < 1.29 is 4.79 Å². The quantitative estimate of drug-likeness (QED) is 0.825. The van der Waals surface area contributed by atoms with Gasteiger partial charge >= 0.3 is 0 Å². The smallest absolute Gasteiger partial charge is 0.267 e. The molecule has 18 heavy (non-hydrogen) atoms. The van der Waals surface area contributed by atoms with E-state index in [0.717, 1.165) is 18.9 Å². The maximum absolute atomic E-state index is 11.1. The highest BCUT2D eigenvalue weighted by Crippen LogP contribution is 2.13. The fraction of sp³-hybridized carbons (Fsp3) is 0.538. The Kier molecular flexibility index (Phi) is 4.15.